The van der Waals surface area contributed by atoms with E-state index in [-0.39, 0.29) is 10.6 Å². The van der Waals surface area contributed by atoms with Gasteiger partial charge in [0.2, 0.25) is 0 Å². The number of rotatable bonds is 4. The third-order valence-electron chi connectivity index (χ3n) is 2.32. The molecule has 16 heavy (non-hydrogen) atoms. The Morgan fingerprint density at radius 1 is 1.31 bits per heavy atom. The van der Waals surface area contributed by atoms with Crippen molar-refractivity contribution < 1.29 is 8.78 Å². The first-order valence-electron chi connectivity index (χ1n) is 5.06. The minimum atomic E-state index is -0.637. The van der Waals surface area contributed by atoms with Gasteiger partial charge in [-0.2, -0.15) is 0 Å². The fourth-order valence-electron chi connectivity index (χ4n) is 1.56. The molecule has 0 aromatic heterocycles. The van der Waals surface area contributed by atoms with Gasteiger partial charge in [-0.25, -0.2) is 8.78 Å². The van der Waals surface area contributed by atoms with Gasteiger partial charge in [-0.1, -0.05) is 25.4 Å². The molecule has 0 fully saturated rings. The minimum absolute atomic E-state index is 0.207. The van der Waals surface area contributed by atoms with E-state index in [1.54, 1.807) is 0 Å². The lowest BCUT2D eigenvalue weighted by Crippen LogP contribution is -2.29. The van der Waals surface area contributed by atoms with Crippen LogP contribution >= 0.6 is 11.6 Å². The molecule has 1 aromatic carbocycles. The van der Waals surface area contributed by atoms with Gasteiger partial charge < -0.3 is 0 Å². The molecule has 1 aromatic rings. The highest BCUT2D eigenvalue weighted by atomic mass is 35.5. The van der Waals surface area contributed by atoms with Crippen molar-refractivity contribution in [2.75, 3.05) is 0 Å². The van der Waals surface area contributed by atoms with Crippen LogP contribution in [0, 0.1) is 17.6 Å². The van der Waals surface area contributed by atoms with Gasteiger partial charge in [0.15, 0.2) is 0 Å². The van der Waals surface area contributed by atoms with Crippen molar-refractivity contribution in [3.05, 3.63) is 34.4 Å². The molecule has 0 aliphatic heterocycles. The maximum absolute atomic E-state index is 13.6. The second-order valence-electron chi connectivity index (χ2n) is 4.14. The summed E-state index contributed by atoms with van der Waals surface area (Å²) >= 11 is 5.47. The quantitative estimate of drug-likeness (QED) is 0.488. The summed E-state index contributed by atoms with van der Waals surface area (Å²) in [5.41, 5.74) is 2.69. The average molecular weight is 249 g/mol. The summed E-state index contributed by atoms with van der Waals surface area (Å²) in [7, 11) is 0. The SMILES string of the molecule is CC(C)CC(NN)c1cc(F)c(Cl)cc1F. The monoisotopic (exact) mass is 248 g/mol. The number of hydrogen-bond acceptors (Lipinski definition) is 2. The predicted molar refractivity (Wildman–Crippen MR) is 60.9 cm³/mol. The number of nitrogens with two attached hydrogens (primary N) is 1. The number of nitrogens with one attached hydrogen (secondary N) is 1. The topological polar surface area (TPSA) is 38.0 Å². The molecule has 0 bridgehead atoms. The maximum atomic E-state index is 13.6. The van der Waals surface area contributed by atoms with E-state index in [4.69, 9.17) is 17.4 Å². The lowest BCUT2D eigenvalue weighted by atomic mass is 9.97. The Balaban J connectivity index is 3.05. The third kappa shape index (κ3) is 3.14. The molecule has 0 spiro atoms. The number of halogens is 3. The smallest absolute Gasteiger partial charge is 0.142 e. The highest BCUT2D eigenvalue weighted by molar-refractivity contribution is 6.30. The zero-order valence-electron chi connectivity index (χ0n) is 9.23. The summed E-state index contributed by atoms with van der Waals surface area (Å²) in [5.74, 6) is 4.47. The highest BCUT2D eigenvalue weighted by Crippen LogP contribution is 2.27. The van der Waals surface area contributed by atoms with E-state index in [2.05, 4.69) is 5.43 Å². The molecule has 1 atom stereocenters. The number of hydrazine groups is 1. The van der Waals surface area contributed by atoms with Gasteiger partial charge in [0, 0.05) is 11.6 Å². The van der Waals surface area contributed by atoms with Crippen LogP contribution in [-0.2, 0) is 0 Å². The van der Waals surface area contributed by atoms with Crippen LogP contribution in [0.3, 0.4) is 0 Å². The van der Waals surface area contributed by atoms with Crippen molar-refractivity contribution >= 4 is 11.6 Å². The second kappa shape index (κ2) is 5.57. The molecule has 1 rings (SSSR count). The molecule has 2 nitrogen and oxygen atoms in total. The zero-order chi connectivity index (χ0) is 12.3. The van der Waals surface area contributed by atoms with Crippen LogP contribution in [-0.4, -0.2) is 0 Å². The van der Waals surface area contributed by atoms with Crippen LogP contribution in [0.4, 0.5) is 8.78 Å². The van der Waals surface area contributed by atoms with E-state index < -0.39 is 17.7 Å². The first-order valence-corrected chi connectivity index (χ1v) is 5.44. The van der Waals surface area contributed by atoms with E-state index in [0.717, 1.165) is 12.1 Å². The lowest BCUT2D eigenvalue weighted by molar-refractivity contribution is 0.420. The predicted octanol–water partition coefficient (Wildman–Crippen LogP) is 3.17. The third-order valence-corrected chi connectivity index (χ3v) is 2.61. The second-order valence-corrected chi connectivity index (χ2v) is 4.54. The Morgan fingerprint density at radius 2 is 1.94 bits per heavy atom. The molecule has 0 saturated carbocycles. The summed E-state index contributed by atoms with van der Waals surface area (Å²) in [5, 5.41) is -0.221. The summed E-state index contributed by atoms with van der Waals surface area (Å²) in [6, 6.07) is 1.65. The van der Waals surface area contributed by atoms with E-state index in [0.29, 0.717) is 12.3 Å². The molecular weight excluding hydrogens is 234 g/mol. The van der Waals surface area contributed by atoms with Gasteiger partial charge in [0.1, 0.15) is 11.6 Å². The van der Waals surface area contributed by atoms with Crippen LogP contribution in [0.2, 0.25) is 5.02 Å². The normalized spacial score (nSPS) is 13.2. The summed E-state index contributed by atoms with van der Waals surface area (Å²) in [4.78, 5) is 0. The number of hydrogen-bond donors (Lipinski definition) is 2. The first kappa shape index (κ1) is 13.4. The zero-order valence-corrected chi connectivity index (χ0v) is 9.98. The van der Waals surface area contributed by atoms with Gasteiger partial charge >= 0.3 is 0 Å². The van der Waals surface area contributed by atoms with Crippen molar-refractivity contribution in [1.29, 1.82) is 0 Å². The van der Waals surface area contributed by atoms with Crippen LogP contribution < -0.4 is 11.3 Å². The van der Waals surface area contributed by atoms with Gasteiger partial charge in [-0.3, -0.25) is 11.3 Å². The first-order chi connectivity index (χ1) is 7.45. The van der Waals surface area contributed by atoms with Crippen molar-refractivity contribution in [2.45, 2.75) is 26.3 Å². The molecule has 5 heteroatoms. The molecule has 0 radical (unpaired) electrons. The van der Waals surface area contributed by atoms with Gasteiger partial charge in [-0.05, 0) is 24.5 Å². The standard InChI is InChI=1S/C11H15ClF2N2/c1-6(2)3-11(16-15)7-4-10(14)8(12)5-9(7)13/h4-6,11,16H,3,15H2,1-2H3. The van der Waals surface area contributed by atoms with Crippen LogP contribution in [0.25, 0.3) is 0 Å². The Labute approximate surface area is 98.8 Å². The average Bonchev–Trinajstić information content (AvgIpc) is 2.20. The molecule has 0 aliphatic carbocycles. The Kier molecular flexibility index (Phi) is 4.65. The highest BCUT2D eigenvalue weighted by Gasteiger charge is 2.18. The molecule has 3 N–H and O–H groups in total. The molecule has 0 saturated heterocycles. The Morgan fingerprint density at radius 3 is 2.44 bits per heavy atom. The molecule has 90 valence electrons. The van der Waals surface area contributed by atoms with E-state index in [1.165, 1.54) is 0 Å². The summed E-state index contributed by atoms with van der Waals surface area (Å²) in [6.45, 7) is 3.96. The van der Waals surface area contributed by atoms with Gasteiger partial charge in [0.05, 0.1) is 5.02 Å². The van der Waals surface area contributed by atoms with Crippen molar-refractivity contribution in [2.24, 2.45) is 11.8 Å². The van der Waals surface area contributed by atoms with Gasteiger partial charge in [-0.15, -0.1) is 0 Å². The lowest BCUT2D eigenvalue weighted by Gasteiger charge is -2.19. The maximum Gasteiger partial charge on any atom is 0.142 e. The van der Waals surface area contributed by atoms with E-state index in [1.807, 2.05) is 13.8 Å². The van der Waals surface area contributed by atoms with E-state index >= 15 is 0 Å². The summed E-state index contributed by atoms with van der Waals surface area (Å²) in [6.07, 6.45) is 0.620. The van der Waals surface area contributed by atoms with Crippen LogP contribution in [0.15, 0.2) is 12.1 Å². The molecule has 0 aliphatic rings. The Bertz CT molecular complexity index is 369. The van der Waals surface area contributed by atoms with Crippen LogP contribution in [0.1, 0.15) is 31.9 Å². The van der Waals surface area contributed by atoms with Crippen molar-refractivity contribution in [3.63, 3.8) is 0 Å². The van der Waals surface area contributed by atoms with Gasteiger partial charge in [0.25, 0.3) is 0 Å². The fraction of sp³-hybridized carbons (Fsp3) is 0.455. The summed E-state index contributed by atoms with van der Waals surface area (Å²) < 4.78 is 26.8. The Hall–Kier alpha value is -0.710. The largest absolute Gasteiger partial charge is 0.271 e. The van der Waals surface area contributed by atoms with Crippen LogP contribution in [0.5, 0.6) is 0 Å². The van der Waals surface area contributed by atoms with Crippen molar-refractivity contribution in [3.8, 4) is 0 Å². The molecule has 0 heterocycles. The fourth-order valence-corrected chi connectivity index (χ4v) is 1.71. The van der Waals surface area contributed by atoms with Crippen molar-refractivity contribution in [1.82, 2.24) is 5.43 Å². The number of benzene rings is 1. The molecule has 1 unspecified atom stereocenters. The minimum Gasteiger partial charge on any atom is -0.271 e. The molecular formula is C11H15ClF2N2. The molecule has 0 amide bonds. The van der Waals surface area contributed by atoms with E-state index in [9.17, 15) is 8.78 Å².